The molecule has 3 aromatic rings. The molecule has 2 aliphatic heterocycles. The van der Waals surface area contributed by atoms with E-state index in [0.29, 0.717) is 60.9 Å². The van der Waals surface area contributed by atoms with E-state index in [1.807, 2.05) is 50.2 Å². The summed E-state index contributed by atoms with van der Waals surface area (Å²) in [6, 6.07) is 11.0. The van der Waals surface area contributed by atoms with E-state index in [2.05, 4.69) is 10.1 Å². The molecule has 0 radical (unpaired) electrons. The quantitative estimate of drug-likeness (QED) is 0.558. The number of nitrogens with zero attached hydrogens (tertiary/aromatic N) is 3. The van der Waals surface area contributed by atoms with Gasteiger partial charge in [-0.1, -0.05) is 5.16 Å². The third kappa shape index (κ3) is 4.18. The average Bonchev–Trinajstić information content (AvgIpc) is 3.46. The predicted molar refractivity (Wildman–Crippen MR) is 119 cm³/mol. The van der Waals surface area contributed by atoms with Crippen molar-refractivity contribution in [2.45, 2.75) is 32.3 Å². The Hall–Kier alpha value is -3.75. The van der Waals surface area contributed by atoms with Gasteiger partial charge in [-0.2, -0.15) is 4.98 Å². The van der Waals surface area contributed by atoms with Gasteiger partial charge in [0.15, 0.2) is 23.0 Å². The molecule has 172 valence electrons. The van der Waals surface area contributed by atoms with E-state index in [1.54, 1.807) is 12.0 Å². The topological polar surface area (TPSA) is 96.2 Å². The molecule has 1 fully saturated rings. The molecule has 2 aromatic carbocycles. The molecule has 1 amide bonds. The third-order valence-corrected chi connectivity index (χ3v) is 5.54. The monoisotopic (exact) mass is 451 g/mol. The number of ether oxygens (including phenoxy) is 4. The summed E-state index contributed by atoms with van der Waals surface area (Å²) in [7, 11) is 1.59. The van der Waals surface area contributed by atoms with E-state index in [0.717, 1.165) is 11.3 Å². The minimum atomic E-state index is -0.197. The molecule has 9 heteroatoms. The van der Waals surface area contributed by atoms with Crippen LogP contribution in [0.25, 0.3) is 11.4 Å². The Bertz CT molecular complexity index is 1170. The van der Waals surface area contributed by atoms with Crippen LogP contribution in [0, 0.1) is 0 Å². The van der Waals surface area contributed by atoms with Crippen LogP contribution in [0.3, 0.4) is 0 Å². The van der Waals surface area contributed by atoms with Crippen LogP contribution >= 0.6 is 0 Å². The van der Waals surface area contributed by atoms with Crippen LogP contribution < -0.4 is 23.8 Å². The van der Waals surface area contributed by atoms with Gasteiger partial charge in [-0.05, 0) is 44.2 Å². The first-order chi connectivity index (χ1) is 16.0. The first-order valence-electron chi connectivity index (χ1n) is 10.9. The number of carbonyl (C=O) groups excluding carboxylic acids is 1. The number of carbonyl (C=O) groups is 1. The van der Waals surface area contributed by atoms with Crippen molar-refractivity contribution in [3.05, 3.63) is 42.3 Å². The number of rotatable bonds is 6. The zero-order valence-corrected chi connectivity index (χ0v) is 18.7. The molecule has 0 N–H and O–H groups in total. The maximum Gasteiger partial charge on any atom is 0.232 e. The van der Waals surface area contributed by atoms with E-state index >= 15 is 0 Å². The molecule has 1 saturated heterocycles. The molecule has 0 bridgehead atoms. The molecule has 5 rings (SSSR count). The van der Waals surface area contributed by atoms with Gasteiger partial charge >= 0.3 is 0 Å². The number of anilines is 1. The van der Waals surface area contributed by atoms with Crippen LogP contribution in [0.4, 0.5) is 5.69 Å². The van der Waals surface area contributed by atoms with Crippen molar-refractivity contribution < 1.29 is 28.3 Å². The van der Waals surface area contributed by atoms with Crippen molar-refractivity contribution in [2.24, 2.45) is 0 Å². The Kier molecular flexibility index (Phi) is 5.53. The molecule has 1 unspecified atom stereocenters. The molecular formula is C24H25N3O6. The molecular weight excluding hydrogens is 426 g/mol. The normalized spacial score (nSPS) is 17.5. The lowest BCUT2D eigenvalue weighted by molar-refractivity contribution is -0.117. The van der Waals surface area contributed by atoms with Gasteiger partial charge in [0.25, 0.3) is 0 Å². The third-order valence-electron chi connectivity index (χ3n) is 5.54. The van der Waals surface area contributed by atoms with Gasteiger partial charge in [0.1, 0.15) is 13.2 Å². The number of hydrogen-bond acceptors (Lipinski definition) is 8. The average molecular weight is 451 g/mol. The zero-order valence-electron chi connectivity index (χ0n) is 18.7. The van der Waals surface area contributed by atoms with Crippen molar-refractivity contribution in [3.8, 4) is 34.4 Å². The van der Waals surface area contributed by atoms with Crippen LogP contribution in [-0.4, -0.2) is 49.0 Å². The Labute approximate surface area is 191 Å². The zero-order chi connectivity index (χ0) is 22.9. The second kappa shape index (κ2) is 8.65. The largest absolute Gasteiger partial charge is 0.493 e. The summed E-state index contributed by atoms with van der Waals surface area (Å²) in [5.41, 5.74) is 1.50. The second-order valence-corrected chi connectivity index (χ2v) is 8.22. The van der Waals surface area contributed by atoms with Gasteiger partial charge in [-0.25, -0.2) is 0 Å². The SMILES string of the molecule is COc1cc(-c2noc(C3CC(=O)N(c4ccc5c(c4)OCCO5)C3)n2)ccc1OC(C)C. The van der Waals surface area contributed by atoms with Crippen LogP contribution in [-0.2, 0) is 4.79 Å². The molecule has 3 heterocycles. The molecule has 0 saturated carbocycles. The number of fused-ring (bicyclic) bond motifs is 1. The van der Waals surface area contributed by atoms with E-state index in [1.165, 1.54) is 0 Å². The molecule has 0 aliphatic carbocycles. The summed E-state index contributed by atoms with van der Waals surface area (Å²) >= 11 is 0. The first kappa shape index (κ1) is 21.1. The molecule has 1 aromatic heterocycles. The number of amides is 1. The Morgan fingerprint density at radius 3 is 2.67 bits per heavy atom. The van der Waals surface area contributed by atoms with Crippen molar-refractivity contribution >= 4 is 11.6 Å². The van der Waals surface area contributed by atoms with Crippen LogP contribution in [0.1, 0.15) is 32.1 Å². The van der Waals surface area contributed by atoms with Gasteiger partial charge in [-0.15, -0.1) is 0 Å². The predicted octanol–water partition coefficient (Wildman–Crippen LogP) is 3.82. The lowest BCUT2D eigenvalue weighted by Gasteiger charge is -2.22. The smallest absolute Gasteiger partial charge is 0.232 e. The summed E-state index contributed by atoms with van der Waals surface area (Å²) < 4.78 is 28.0. The van der Waals surface area contributed by atoms with Crippen molar-refractivity contribution in [1.29, 1.82) is 0 Å². The lowest BCUT2D eigenvalue weighted by Crippen LogP contribution is -2.24. The fourth-order valence-electron chi connectivity index (χ4n) is 4.00. The fourth-order valence-corrected chi connectivity index (χ4v) is 4.00. The molecule has 2 aliphatic rings. The Morgan fingerprint density at radius 2 is 1.88 bits per heavy atom. The summed E-state index contributed by atoms with van der Waals surface area (Å²) in [6.45, 7) is 5.37. The standard InChI is InChI=1S/C24H25N3O6/c1-14(2)32-19-6-4-15(10-20(19)29-3)23-25-24(33-26-23)16-11-22(28)27(13-16)17-5-7-18-21(12-17)31-9-8-30-18/h4-7,10,12,14,16H,8-9,11,13H2,1-3H3. The van der Waals surface area contributed by atoms with Crippen molar-refractivity contribution in [2.75, 3.05) is 31.8 Å². The molecule has 33 heavy (non-hydrogen) atoms. The van der Waals surface area contributed by atoms with Crippen LogP contribution in [0.2, 0.25) is 0 Å². The number of methoxy groups -OCH3 is 1. The first-order valence-corrected chi connectivity index (χ1v) is 10.9. The van der Waals surface area contributed by atoms with E-state index in [-0.39, 0.29) is 17.9 Å². The highest BCUT2D eigenvalue weighted by Crippen LogP contribution is 2.38. The number of benzene rings is 2. The second-order valence-electron chi connectivity index (χ2n) is 8.22. The fraction of sp³-hybridized carbons (Fsp3) is 0.375. The highest BCUT2D eigenvalue weighted by atomic mass is 16.6. The van der Waals surface area contributed by atoms with Gasteiger partial charge < -0.3 is 28.4 Å². The van der Waals surface area contributed by atoms with Crippen molar-refractivity contribution in [1.82, 2.24) is 10.1 Å². The minimum absolute atomic E-state index is 0.00622. The lowest BCUT2D eigenvalue weighted by atomic mass is 10.1. The van der Waals surface area contributed by atoms with Gasteiger partial charge in [0.05, 0.1) is 19.1 Å². The van der Waals surface area contributed by atoms with Gasteiger partial charge in [0, 0.05) is 30.3 Å². The Balaban J connectivity index is 1.34. The summed E-state index contributed by atoms with van der Waals surface area (Å²) in [5, 5.41) is 4.13. The Morgan fingerprint density at radius 1 is 1.06 bits per heavy atom. The summed E-state index contributed by atoms with van der Waals surface area (Å²) in [6.07, 6.45) is 0.319. The maximum atomic E-state index is 12.7. The highest BCUT2D eigenvalue weighted by Gasteiger charge is 2.35. The maximum absolute atomic E-state index is 12.7. The summed E-state index contributed by atoms with van der Waals surface area (Å²) in [5.74, 6) is 3.24. The molecule has 0 spiro atoms. The molecule has 9 nitrogen and oxygen atoms in total. The minimum Gasteiger partial charge on any atom is -0.493 e. The van der Waals surface area contributed by atoms with E-state index in [9.17, 15) is 4.79 Å². The van der Waals surface area contributed by atoms with Gasteiger partial charge in [-0.3, -0.25) is 4.79 Å². The van der Waals surface area contributed by atoms with Crippen LogP contribution in [0.5, 0.6) is 23.0 Å². The van der Waals surface area contributed by atoms with E-state index in [4.69, 9.17) is 23.5 Å². The van der Waals surface area contributed by atoms with Gasteiger partial charge in [0.2, 0.25) is 17.6 Å². The van der Waals surface area contributed by atoms with Crippen LogP contribution in [0.15, 0.2) is 40.9 Å². The highest BCUT2D eigenvalue weighted by molar-refractivity contribution is 5.96. The number of hydrogen-bond donors (Lipinski definition) is 0. The van der Waals surface area contributed by atoms with Crippen molar-refractivity contribution in [3.63, 3.8) is 0 Å². The molecule has 1 atom stereocenters. The van der Waals surface area contributed by atoms with E-state index < -0.39 is 0 Å². The summed E-state index contributed by atoms with van der Waals surface area (Å²) in [4.78, 5) is 19.0. The number of aromatic nitrogens is 2.